The van der Waals surface area contributed by atoms with Crippen LogP contribution < -0.4 is 0 Å². The van der Waals surface area contributed by atoms with E-state index in [2.05, 4.69) is 0 Å². The summed E-state index contributed by atoms with van der Waals surface area (Å²) in [5.41, 5.74) is 0.670. The minimum Gasteiger partial charge on any atom is -0.481 e. The predicted molar refractivity (Wildman–Crippen MR) is 71.0 cm³/mol. The number of thioether (sulfide) groups is 1. The van der Waals surface area contributed by atoms with Crippen molar-refractivity contribution in [3.8, 4) is 0 Å². The van der Waals surface area contributed by atoms with Crippen LogP contribution in [0.3, 0.4) is 0 Å². The maximum absolute atomic E-state index is 12.5. The second-order valence-electron chi connectivity index (χ2n) is 4.55. The van der Waals surface area contributed by atoms with Crippen LogP contribution in [0.1, 0.15) is 29.6 Å². The molecule has 1 N–H and O–H groups in total. The number of carbonyl (C=O) groups is 2. The molecule has 0 radical (unpaired) electrons. The highest BCUT2D eigenvalue weighted by molar-refractivity contribution is 7.98. The molecule has 1 aliphatic carbocycles. The van der Waals surface area contributed by atoms with Crippen LogP contribution in [-0.4, -0.2) is 23.1 Å². The first-order valence-electron chi connectivity index (χ1n) is 6.05. The number of hydrogen-bond acceptors (Lipinski definition) is 3. The number of benzene rings is 1. The molecule has 1 aromatic carbocycles. The molecule has 0 unspecified atom stereocenters. The number of ketones is 1. The Bertz CT molecular complexity index is 470. The van der Waals surface area contributed by atoms with E-state index >= 15 is 0 Å². The smallest absolute Gasteiger partial charge is 0.307 e. The van der Waals surface area contributed by atoms with Gasteiger partial charge in [0.2, 0.25) is 0 Å². The number of carbonyl (C=O) groups excluding carboxylic acids is 1. The quantitative estimate of drug-likeness (QED) is 0.670. The molecule has 3 nitrogen and oxygen atoms in total. The maximum Gasteiger partial charge on any atom is 0.307 e. The summed E-state index contributed by atoms with van der Waals surface area (Å²) in [5, 5.41) is 9.15. The highest BCUT2D eigenvalue weighted by atomic mass is 32.2. The first-order valence-corrected chi connectivity index (χ1v) is 7.27. The lowest BCUT2D eigenvalue weighted by Gasteiger charge is -2.16. The lowest BCUT2D eigenvalue weighted by Crippen LogP contribution is -2.25. The van der Waals surface area contributed by atoms with Crippen molar-refractivity contribution in [2.75, 3.05) is 6.26 Å². The molecule has 1 aromatic rings. The van der Waals surface area contributed by atoms with Crippen LogP contribution in [0.25, 0.3) is 0 Å². The number of carboxylic acids is 1. The summed E-state index contributed by atoms with van der Waals surface area (Å²) in [5.74, 6) is -1.71. The summed E-state index contributed by atoms with van der Waals surface area (Å²) in [6.45, 7) is 0. The van der Waals surface area contributed by atoms with Crippen molar-refractivity contribution in [3.63, 3.8) is 0 Å². The Morgan fingerprint density at radius 3 is 2.56 bits per heavy atom. The average Bonchev–Trinajstić information content (AvgIpc) is 2.87. The van der Waals surface area contributed by atoms with E-state index in [0.29, 0.717) is 18.4 Å². The second kappa shape index (κ2) is 5.57. The molecule has 0 amide bonds. The standard InChI is InChI=1S/C14H16O3S/c1-18-12-8-3-2-5-11(12)13(15)9-6-4-7-10(9)14(16)17/h2-3,5,8-10H,4,6-7H2,1H3,(H,16,17)/t9-,10-/m1/s1. The van der Waals surface area contributed by atoms with E-state index in [1.54, 1.807) is 6.07 Å². The highest BCUT2D eigenvalue weighted by Crippen LogP contribution is 2.36. The van der Waals surface area contributed by atoms with Crippen molar-refractivity contribution in [3.05, 3.63) is 29.8 Å². The zero-order chi connectivity index (χ0) is 13.1. The molecule has 1 saturated carbocycles. The monoisotopic (exact) mass is 264 g/mol. The van der Waals surface area contributed by atoms with Gasteiger partial charge in [0.25, 0.3) is 0 Å². The van der Waals surface area contributed by atoms with Crippen LogP contribution in [0.2, 0.25) is 0 Å². The Morgan fingerprint density at radius 2 is 1.89 bits per heavy atom. The molecular formula is C14H16O3S. The fourth-order valence-electron chi connectivity index (χ4n) is 2.62. The van der Waals surface area contributed by atoms with E-state index in [9.17, 15) is 9.59 Å². The van der Waals surface area contributed by atoms with Gasteiger partial charge in [-0.1, -0.05) is 24.6 Å². The van der Waals surface area contributed by atoms with Crippen LogP contribution in [0.15, 0.2) is 29.2 Å². The molecule has 96 valence electrons. The van der Waals surface area contributed by atoms with Gasteiger partial charge in [0.1, 0.15) is 0 Å². The molecule has 2 rings (SSSR count). The summed E-state index contributed by atoms with van der Waals surface area (Å²) in [7, 11) is 0. The minimum absolute atomic E-state index is 0.00940. The van der Waals surface area contributed by atoms with Crippen molar-refractivity contribution in [1.82, 2.24) is 0 Å². The Labute approximate surface area is 111 Å². The van der Waals surface area contributed by atoms with Crippen LogP contribution >= 0.6 is 11.8 Å². The topological polar surface area (TPSA) is 54.4 Å². The molecule has 0 aliphatic heterocycles. The van der Waals surface area contributed by atoms with Gasteiger partial charge < -0.3 is 5.11 Å². The summed E-state index contributed by atoms with van der Waals surface area (Å²) < 4.78 is 0. The number of carboxylic acid groups (broad SMARTS) is 1. The molecule has 18 heavy (non-hydrogen) atoms. The molecule has 0 spiro atoms. The summed E-state index contributed by atoms with van der Waals surface area (Å²) in [6, 6.07) is 7.43. The molecule has 0 aromatic heterocycles. The lowest BCUT2D eigenvalue weighted by molar-refractivity contribution is -0.142. The van der Waals surface area contributed by atoms with Gasteiger partial charge in [0, 0.05) is 16.4 Å². The van der Waals surface area contributed by atoms with Crippen molar-refractivity contribution >= 4 is 23.5 Å². The SMILES string of the molecule is CSc1ccccc1C(=O)[C@@H]1CCC[C@H]1C(=O)O. The maximum atomic E-state index is 12.5. The predicted octanol–water partition coefficient (Wildman–Crippen LogP) is 3.09. The summed E-state index contributed by atoms with van der Waals surface area (Å²) >= 11 is 1.52. The van der Waals surface area contributed by atoms with Gasteiger partial charge in [-0.05, 0) is 25.2 Å². The van der Waals surface area contributed by atoms with Crippen molar-refractivity contribution in [2.24, 2.45) is 11.8 Å². The third-order valence-electron chi connectivity index (χ3n) is 3.54. The van der Waals surface area contributed by atoms with E-state index < -0.39 is 11.9 Å². The molecule has 1 aliphatic rings. The van der Waals surface area contributed by atoms with Crippen molar-refractivity contribution in [2.45, 2.75) is 24.2 Å². The van der Waals surface area contributed by atoms with E-state index in [1.807, 2.05) is 24.5 Å². The van der Waals surface area contributed by atoms with E-state index in [0.717, 1.165) is 11.3 Å². The molecular weight excluding hydrogens is 248 g/mol. The number of rotatable bonds is 4. The average molecular weight is 264 g/mol. The first kappa shape index (κ1) is 13.1. The number of aliphatic carboxylic acids is 1. The normalized spacial score (nSPS) is 22.9. The Morgan fingerprint density at radius 1 is 1.22 bits per heavy atom. The van der Waals surface area contributed by atoms with Gasteiger partial charge in [-0.3, -0.25) is 9.59 Å². The fraction of sp³-hybridized carbons (Fsp3) is 0.429. The molecule has 4 heteroatoms. The van der Waals surface area contributed by atoms with Crippen LogP contribution in [0, 0.1) is 11.8 Å². The van der Waals surface area contributed by atoms with Crippen molar-refractivity contribution in [1.29, 1.82) is 0 Å². The minimum atomic E-state index is -0.840. The summed E-state index contributed by atoms with van der Waals surface area (Å²) in [4.78, 5) is 24.5. The lowest BCUT2D eigenvalue weighted by atomic mass is 9.88. The number of Topliss-reactive ketones (excluding diaryl/α,β-unsaturated/α-hetero) is 1. The molecule has 0 heterocycles. The van der Waals surface area contributed by atoms with Gasteiger partial charge in [0.05, 0.1) is 5.92 Å². The fourth-order valence-corrected chi connectivity index (χ4v) is 3.22. The van der Waals surface area contributed by atoms with E-state index in [4.69, 9.17) is 5.11 Å². The van der Waals surface area contributed by atoms with Gasteiger partial charge in [-0.25, -0.2) is 0 Å². The third kappa shape index (κ3) is 2.43. The Balaban J connectivity index is 2.28. The van der Waals surface area contributed by atoms with Gasteiger partial charge in [0.15, 0.2) is 5.78 Å². The van der Waals surface area contributed by atoms with E-state index in [1.165, 1.54) is 11.8 Å². The molecule has 0 saturated heterocycles. The van der Waals surface area contributed by atoms with Gasteiger partial charge in [-0.15, -0.1) is 11.8 Å². The second-order valence-corrected chi connectivity index (χ2v) is 5.39. The van der Waals surface area contributed by atoms with Crippen LogP contribution in [0.5, 0.6) is 0 Å². The van der Waals surface area contributed by atoms with Crippen molar-refractivity contribution < 1.29 is 14.7 Å². The zero-order valence-corrected chi connectivity index (χ0v) is 11.1. The third-order valence-corrected chi connectivity index (χ3v) is 4.34. The zero-order valence-electron chi connectivity index (χ0n) is 10.3. The largest absolute Gasteiger partial charge is 0.481 e. The highest BCUT2D eigenvalue weighted by Gasteiger charge is 2.38. The van der Waals surface area contributed by atoms with E-state index in [-0.39, 0.29) is 11.7 Å². The summed E-state index contributed by atoms with van der Waals surface area (Å²) in [6.07, 6.45) is 4.07. The Kier molecular flexibility index (Phi) is 4.07. The Hall–Kier alpha value is -1.29. The number of hydrogen-bond donors (Lipinski definition) is 1. The van der Waals surface area contributed by atoms with Gasteiger partial charge >= 0.3 is 5.97 Å². The van der Waals surface area contributed by atoms with Gasteiger partial charge in [-0.2, -0.15) is 0 Å². The first-order chi connectivity index (χ1) is 8.65. The molecule has 2 atom stereocenters. The van der Waals surface area contributed by atoms with Crippen LogP contribution in [-0.2, 0) is 4.79 Å². The molecule has 0 bridgehead atoms. The molecule has 1 fully saturated rings. The van der Waals surface area contributed by atoms with Crippen LogP contribution in [0.4, 0.5) is 0 Å².